The molecule has 0 atom stereocenters. The van der Waals surface area contributed by atoms with Crippen molar-refractivity contribution in [2.24, 2.45) is 0 Å². The molecule has 0 bridgehead atoms. The molecule has 9 heteroatoms. The number of hydrogen-bond donors (Lipinski definition) is 0. The molecular weight excluding hydrogens is 322 g/mol. The molecule has 0 spiro atoms. The van der Waals surface area contributed by atoms with E-state index in [9.17, 15) is 0 Å². The molecule has 0 unspecified atom stereocenters. The quantitative estimate of drug-likeness (QED) is 0.702. The van der Waals surface area contributed by atoms with Crippen molar-refractivity contribution in [3.05, 3.63) is 30.2 Å². The van der Waals surface area contributed by atoms with E-state index < -0.39 is 0 Å². The predicted octanol–water partition coefficient (Wildman–Crippen LogP) is 1.32. The lowest BCUT2D eigenvalue weighted by Crippen LogP contribution is -2.34. The van der Waals surface area contributed by atoms with Gasteiger partial charge in [-0.2, -0.15) is 9.50 Å². The van der Waals surface area contributed by atoms with Crippen molar-refractivity contribution in [3.8, 4) is 11.8 Å². The third-order valence-electron chi connectivity index (χ3n) is 4.44. The minimum atomic E-state index is 0.288. The highest BCUT2D eigenvalue weighted by Crippen LogP contribution is 2.29. The Morgan fingerprint density at radius 2 is 1.80 bits per heavy atom. The first-order valence-corrected chi connectivity index (χ1v) is 8.17. The molecule has 0 aliphatic carbocycles. The Morgan fingerprint density at radius 3 is 2.56 bits per heavy atom. The number of hydrogen-bond acceptors (Lipinski definition) is 8. The molecule has 4 heterocycles. The fraction of sp³-hybridized carbons (Fsp3) is 0.438. The van der Waals surface area contributed by atoms with Gasteiger partial charge >= 0.3 is 0 Å². The Kier molecular flexibility index (Phi) is 4.04. The molecule has 1 fully saturated rings. The van der Waals surface area contributed by atoms with E-state index in [-0.39, 0.29) is 5.92 Å². The number of rotatable bonds is 4. The predicted molar refractivity (Wildman–Crippen MR) is 90.1 cm³/mol. The van der Waals surface area contributed by atoms with Crippen LogP contribution in [0.2, 0.25) is 0 Å². The molecule has 4 rings (SSSR count). The van der Waals surface area contributed by atoms with Crippen LogP contribution in [0.1, 0.15) is 24.6 Å². The summed E-state index contributed by atoms with van der Waals surface area (Å²) in [4.78, 5) is 10.9. The zero-order chi connectivity index (χ0) is 17.2. The first kappa shape index (κ1) is 15.6. The van der Waals surface area contributed by atoms with E-state index >= 15 is 0 Å². The van der Waals surface area contributed by atoms with Crippen LogP contribution in [0.25, 0.3) is 5.65 Å². The van der Waals surface area contributed by atoms with Gasteiger partial charge in [0, 0.05) is 37.3 Å². The second kappa shape index (κ2) is 6.50. The summed E-state index contributed by atoms with van der Waals surface area (Å²) in [6.07, 6.45) is 3.58. The Labute approximate surface area is 144 Å². The van der Waals surface area contributed by atoms with Gasteiger partial charge in [0.25, 0.3) is 0 Å². The monoisotopic (exact) mass is 341 g/mol. The zero-order valence-corrected chi connectivity index (χ0v) is 14.2. The largest absolute Gasteiger partial charge is 0.481 e. The highest BCUT2D eigenvalue weighted by atomic mass is 16.5. The molecule has 1 aliphatic rings. The molecule has 25 heavy (non-hydrogen) atoms. The van der Waals surface area contributed by atoms with E-state index in [4.69, 9.17) is 9.47 Å². The maximum Gasteiger partial charge on any atom is 0.231 e. The molecule has 1 aliphatic heterocycles. The minimum absolute atomic E-state index is 0.288. The fourth-order valence-electron chi connectivity index (χ4n) is 3.09. The zero-order valence-electron chi connectivity index (χ0n) is 14.2. The van der Waals surface area contributed by atoms with Gasteiger partial charge in [0.05, 0.1) is 14.2 Å². The molecule has 3 aromatic heterocycles. The molecule has 0 saturated carbocycles. The number of piperidine rings is 1. The minimum Gasteiger partial charge on any atom is -0.481 e. The topological polar surface area (TPSA) is 90.6 Å². The molecule has 3 aromatic rings. The van der Waals surface area contributed by atoms with E-state index in [1.54, 1.807) is 37.1 Å². The van der Waals surface area contributed by atoms with Gasteiger partial charge in [0.2, 0.25) is 17.7 Å². The van der Waals surface area contributed by atoms with Crippen molar-refractivity contribution < 1.29 is 9.47 Å². The van der Waals surface area contributed by atoms with Gasteiger partial charge in [0.1, 0.15) is 0 Å². The second-order valence-electron chi connectivity index (χ2n) is 5.86. The Bertz CT molecular complexity index is 874. The summed E-state index contributed by atoms with van der Waals surface area (Å²) in [5.74, 6) is 2.99. The Balaban J connectivity index is 1.52. The Hall–Kier alpha value is -2.97. The number of methoxy groups -OCH3 is 2. The summed E-state index contributed by atoms with van der Waals surface area (Å²) in [6.45, 7) is 1.69. The second-order valence-corrected chi connectivity index (χ2v) is 5.86. The number of nitrogens with zero attached hydrogens (tertiary/aromatic N) is 7. The summed E-state index contributed by atoms with van der Waals surface area (Å²) in [6, 6.07) is 5.40. The highest BCUT2D eigenvalue weighted by molar-refractivity contribution is 5.38. The first-order valence-electron chi connectivity index (χ1n) is 8.17. The SMILES string of the molecule is COc1ccnc(N2CCC(c3nnc4ccc(OC)nn34)CC2)n1. The van der Waals surface area contributed by atoms with Crippen molar-refractivity contribution in [3.63, 3.8) is 0 Å². The molecule has 0 N–H and O–H groups in total. The summed E-state index contributed by atoms with van der Waals surface area (Å²) in [7, 11) is 3.21. The molecule has 9 nitrogen and oxygen atoms in total. The van der Waals surface area contributed by atoms with Crippen LogP contribution < -0.4 is 14.4 Å². The van der Waals surface area contributed by atoms with E-state index in [0.29, 0.717) is 17.7 Å². The van der Waals surface area contributed by atoms with Gasteiger partial charge in [0.15, 0.2) is 11.5 Å². The first-order chi connectivity index (χ1) is 12.3. The van der Waals surface area contributed by atoms with Crippen LogP contribution in [0, 0.1) is 0 Å². The summed E-state index contributed by atoms with van der Waals surface area (Å²) in [5.41, 5.74) is 0.731. The number of anilines is 1. The van der Waals surface area contributed by atoms with Gasteiger partial charge in [-0.05, 0) is 18.9 Å². The van der Waals surface area contributed by atoms with Crippen LogP contribution in [0.15, 0.2) is 24.4 Å². The van der Waals surface area contributed by atoms with Crippen molar-refractivity contribution in [1.82, 2.24) is 29.8 Å². The van der Waals surface area contributed by atoms with E-state index in [1.807, 2.05) is 6.07 Å². The summed E-state index contributed by atoms with van der Waals surface area (Å²) >= 11 is 0. The number of aromatic nitrogens is 6. The Morgan fingerprint density at radius 1 is 1.00 bits per heavy atom. The molecule has 1 saturated heterocycles. The van der Waals surface area contributed by atoms with Gasteiger partial charge < -0.3 is 14.4 Å². The fourth-order valence-corrected chi connectivity index (χ4v) is 3.09. The number of fused-ring (bicyclic) bond motifs is 1. The van der Waals surface area contributed by atoms with Gasteiger partial charge in [-0.3, -0.25) is 0 Å². The van der Waals surface area contributed by atoms with Gasteiger partial charge in [-0.1, -0.05) is 0 Å². The molecule has 0 radical (unpaired) electrons. The van der Waals surface area contributed by atoms with Crippen LogP contribution in [0.4, 0.5) is 5.95 Å². The molecular formula is C16H19N7O2. The van der Waals surface area contributed by atoms with Crippen LogP contribution in [0.5, 0.6) is 11.8 Å². The molecule has 0 amide bonds. The smallest absolute Gasteiger partial charge is 0.231 e. The number of ether oxygens (including phenoxy) is 2. The lowest BCUT2D eigenvalue weighted by Gasteiger charge is -2.31. The standard InChI is InChI=1S/C16H19N7O2/c1-24-13-5-8-17-16(18-13)22-9-6-11(7-10-22)15-20-19-12-3-4-14(25-2)21-23(12)15/h3-5,8,11H,6-7,9-10H2,1-2H3. The van der Waals surface area contributed by atoms with Crippen LogP contribution in [-0.2, 0) is 0 Å². The van der Waals surface area contributed by atoms with Crippen LogP contribution in [0.3, 0.4) is 0 Å². The normalized spacial score (nSPS) is 15.5. The van der Waals surface area contributed by atoms with Crippen molar-refractivity contribution in [2.45, 2.75) is 18.8 Å². The van der Waals surface area contributed by atoms with Crippen molar-refractivity contribution in [1.29, 1.82) is 0 Å². The van der Waals surface area contributed by atoms with Crippen molar-refractivity contribution in [2.75, 3.05) is 32.2 Å². The van der Waals surface area contributed by atoms with Crippen LogP contribution in [-0.4, -0.2) is 57.1 Å². The van der Waals surface area contributed by atoms with Gasteiger partial charge in [-0.25, -0.2) is 4.98 Å². The third kappa shape index (κ3) is 2.92. The van der Waals surface area contributed by atoms with Gasteiger partial charge in [-0.15, -0.1) is 15.3 Å². The van der Waals surface area contributed by atoms with E-state index in [2.05, 4.69) is 30.2 Å². The van der Waals surface area contributed by atoms with E-state index in [0.717, 1.165) is 37.4 Å². The summed E-state index contributed by atoms with van der Waals surface area (Å²) in [5, 5.41) is 13.0. The highest BCUT2D eigenvalue weighted by Gasteiger charge is 2.26. The third-order valence-corrected chi connectivity index (χ3v) is 4.44. The van der Waals surface area contributed by atoms with E-state index in [1.165, 1.54) is 0 Å². The summed E-state index contributed by atoms with van der Waals surface area (Å²) < 4.78 is 12.2. The average Bonchev–Trinajstić information content (AvgIpc) is 3.11. The van der Waals surface area contributed by atoms with Crippen LogP contribution >= 0.6 is 0 Å². The molecule has 130 valence electrons. The average molecular weight is 341 g/mol. The lowest BCUT2D eigenvalue weighted by atomic mass is 9.96. The van der Waals surface area contributed by atoms with Crippen molar-refractivity contribution >= 4 is 11.6 Å². The maximum absolute atomic E-state index is 5.21. The maximum atomic E-state index is 5.21. The lowest BCUT2D eigenvalue weighted by molar-refractivity contribution is 0.386. The molecule has 0 aromatic carbocycles.